The highest BCUT2D eigenvalue weighted by molar-refractivity contribution is 8.76. The average Bonchev–Trinajstić information content (AvgIpc) is 3.82. The molecule has 0 radical (unpaired) electrons. The van der Waals surface area contributed by atoms with E-state index in [0.29, 0.717) is 40.8 Å². The van der Waals surface area contributed by atoms with Crippen LogP contribution in [0.5, 0.6) is 0 Å². The zero-order valence-corrected chi connectivity index (χ0v) is 44.1. The van der Waals surface area contributed by atoms with Gasteiger partial charge in [-0.1, -0.05) is 113 Å². The van der Waals surface area contributed by atoms with E-state index in [0.717, 1.165) is 32.5 Å². The number of aromatic nitrogens is 1. The lowest BCUT2D eigenvalue weighted by Gasteiger charge is -2.29. The average molecular weight is 1090 g/mol. The standard InChI is InChI=1S/C54H67N11O10S2/c1-31(66)46-53(73)63-43(25-33-14-6-3-7-15-33)51(71)64-45(54(74)75)30-77-76-29-38(57)47(67)60-41(24-32-12-4-2-5-13-32)49(69)61-42(26-34-19-21-36(56)22-20-34)50(70)62-44(27-35-28-58-39-17-9-8-16-37(35)39)52(72)59-40(48(68)65-46)18-10-11-23-55/h2-9,12-17,19-22,28,31,38,40-46,58,66H,10-11,18,23-27,29-30,55-57H2,1H3,(H,59,72)(H,60,67)(H,61,69)(H,62,70)(H,63,73)(H,64,71)(H,65,68)(H,74,75)/t31-,38+,40+,41+,42+,43+,44+,45+,46+/m1/s1. The van der Waals surface area contributed by atoms with Gasteiger partial charge in [0.1, 0.15) is 42.3 Å². The molecule has 23 heteroatoms. The number of nitrogens with one attached hydrogen (secondary N) is 8. The third-order valence-corrected chi connectivity index (χ3v) is 15.2. The maximum absolute atomic E-state index is 14.9. The van der Waals surface area contributed by atoms with Crippen molar-refractivity contribution in [1.29, 1.82) is 0 Å². The highest BCUT2D eigenvalue weighted by Crippen LogP contribution is 2.24. The molecule has 0 spiro atoms. The van der Waals surface area contributed by atoms with Crippen molar-refractivity contribution in [1.82, 2.24) is 42.2 Å². The molecule has 1 aliphatic heterocycles. The first-order valence-corrected chi connectivity index (χ1v) is 27.7. The van der Waals surface area contributed by atoms with Gasteiger partial charge < -0.3 is 69.6 Å². The van der Waals surface area contributed by atoms with E-state index in [1.54, 1.807) is 91.1 Å². The fourth-order valence-electron chi connectivity index (χ4n) is 8.48. The molecule has 0 aliphatic carbocycles. The highest BCUT2D eigenvalue weighted by Gasteiger charge is 2.36. The smallest absolute Gasteiger partial charge is 0.327 e. The van der Waals surface area contributed by atoms with Gasteiger partial charge >= 0.3 is 5.97 Å². The molecule has 1 aromatic heterocycles. The number of nitrogens with two attached hydrogens (primary N) is 3. The zero-order valence-electron chi connectivity index (χ0n) is 42.4. The number of anilines is 1. The predicted octanol–water partition coefficient (Wildman–Crippen LogP) is 0.731. The Morgan fingerprint density at radius 2 is 1.04 bits per heavy atom. The number of benzene rings is 4. The molecule has 9 atom stereocenters. The van der Waals surface area contributed by atoms with Crippen LogP contribution in [0.2, 0.25) is 0 Å². The number of carbonyl (C=O) groups excluding carboxylic acids is 7. The number of carboxylic acids is 1. The number of unbranched alkanes of at least 4 members (excludes halogenated alkanes) is 1. The summed E-state index contributed by atoms with van der Waals surface area (Å²) in [7, 11) is 2.06. The van der Waals surface area contributed by atoms with Crippen molar-refractivity contribution < 1.29 is 48.6 Å². The van der Waals surface area contributed by atoms with Crippen molar-refractivity contribution in [2.24, 2.45) is 11.5 Å². The van der Waals surface area contributed by atoms with Gasteiger partial charge in [0, 0.05) is 60.0 Å². The van der Waals surface area contributed by atoms with Gasteiger partial charge in [-0.15, -0.1) is 0 Å². The molecule has 1 saturated heterocycles. The van der Waals surface area contributed by atoms with Crippen molar-refractivity contribution in [3.05, 3.63) is 138 Å². The Kier molecular flexibility index (Phi) is 22.3. The molecular weight excluding hydrogens is 1030 g/mol. The van der Waals surface area contributed by atoms with Crippen molar-refractivity contribution in [3.63, 3.8) is 0 Å². The number of aromatic amines is 1. The number of aliphatic hydroxyl groups excluding tert-OH is 1. The fraction of sp³-hybridized carbons (Fsp3) is 0.370. The molecule has 410 valence electrons. The molecule has 0 saturated carbocycles. The summed E-state index contributed by atoms with van der Waals surface area (Å²) in [6.45, 7) is 1.49. The van der Waals surface area contributed by atoms with Crippen LogP contribution in [-0.2, 0) is 64.0 Å². The number of aliphatic hydroxyl groups is 1. The summed E-state index contributed by atoms with van der Waals surface area (Å²) < 4.78 is 0. The molecule has 7 amide bonds. The van der Waals surface area contributed by atoms with E-state index in [1.165, 1.54) is 6.92 Å². The maximum Gasteiger partial charge on any atom is 0.327 e. The summed E-state index contributed by atoms with van der Waals surface area (Å²) in [6.07, 6.45) is 0.519. The number of hydrogen-bond acceptors (Lipinski definition) is 14. The predicted molar refractivity (Wildman–Crippen MR) is 295 cm³/mol. The molecule has 1 fully saturated rings. The number of rotatable bonds is 14. The van der Waals surface area contributed by atoms with Crippen LogP contribution in [0.15, 0.2) is 115 Å². The first-order chi connectivity index (χ1) is 37.0. The molecular formula is C54H67N11O10S2. The van der Waals surface area contributed by atoms with E-state index >= 15 is 0 Å². The van der Waals surface area contributed by atoms with Crippen molar-refractivity contribution in [3.8, 4) is 0 Å². The van der Waals surface area contributed by atoms with Crippen LogP contribution in [0, 0.1) is 0 Å². The van der Waals surface area contributed by atoms with Crippen LogP contribution >= 0.6 is 21.6 Å². The summed E-state index contributed by atoms with van der Waals surface area (Å²) >= 11 is 0. The largest absolute Gasteiger partial charge is 0.480 e. The van der Waals surface area contributed by atoms with Gasteiger partial charge in [-0.3, -0.25) is 33.6 Å². The second-order valence-electron chi connectivity index (χ2n) is 18.8. The van der Waals surface area contributed by atoms with E-state index in [-0.39, 0.29) is 50.2 Å². The number of para-hydroxylation sites is 1. The number of hydrogen-bond donors (Lipinski definition) is 13. The van der Waals surface area contributed by atoms with Gasteiger partial charge in [-0.2, -0.15) is 0 Å². The normalized spacial score (nSPS) is 23.5. The van der Waals surface area contributed by atoms with Crippen LogP contribution in [0.25, 0.3) is 10.9 Å². The summed E-state index contributed by atoms with van der Waals surface area (Å²) in [6, 6.07) is 20.0. The third-order valence-electron chi connectivity index (χ3n) is 12.8. The second-order valence-corrected chi connectivity index (χ2v) is 21.3. The molecule has 5 aromatic rings. The lowest BCUT2D eigenvalue weighted by molar-refractivity contribution is -0.141. The third kappa shape index (κ3) is 17.8. The number of amides is 7. The van der Waals surface area contributed by atoms with Gasteiger partial charge in [0.05, 0.1) is 12.1 Å². The minimum atomic E-state index is -1.70. The lowest BCUT2D eigenvalue weighted by atomic mass is 10.00. The van der Waals surface area contributed by atoms with Crippen LogP contribution in [0.4, 0.5) is 5.69 Å². The molecule has 1 aliphatic rings. The molecule has 2 heterocycles. The number of aliphatic carboxylic acids is 1. The molecule has 0 bridgehead atoms. The summed E-state index contributed by atoms with van der Waals surface area (Å²) in [4.78, 5) is 116. The SMILES string of the molecule is C[C@@H](O)[C@@H]1NC(=O)[C@H](CCCCN)NC(=O)[C@H](Cc2c[nH]c3ccccc23)NC(=O)[C@H](Cc2ccc(N)cc2)NC(=O)[C@H](Cc2ccccc2)NC(=O)[C@@H](N)CSSC[C@@H](C(=O)O)NC(=O)[C@H](Cc2ccccc2)NC1=O. The fourth-order valence-corrected chi connectivity index (χ4v) is 10.8. The highest BCUT2D eigenvalue weighted by atomic mass is 33.1. The minimum absolute atomic E-state index is 0.00339. The van der Waals surface area contributed by atoms with Gasteiger partial charge in [0.15, 0.2) is 0 Å². The van der Waals surface area contributed by atoms with E-state index in [1.807, 2.05) is 24.3 Å². The van der Waals surface area contributed by atoms with Gasteiger partial charge in [-0.05, 0) is 73.2 Å². The van der Waals surface area contributed by atoms with Gasteiger partial charge in [-0.25, -0.2) is 4.79 Å². The summed E-state index contributed by atoms with van der Waals surface area (Å²) in [5, 5.41) is 40.8. The Morgan fingerprint density at radius 3 is 1.60 bits per heavy atom. The van der Waals surface area contributed by atoms with E-state index < -0.39 is 102 Å². The minimum Gasteiger partial charge on any atom is -0.480 e. The maximum atomic E-state index is 14.9. The van der Waals surface area contributed by atoms with Crippen LogP contribution < -0.4 is 54.4 Å². The van der Waals surface area contributed by atoms with Gasteiger partial charge in [0.25, 0.3) is 0 Å². The Labute approximate surface area is 453 Å². The van der Waals surface area contributed by atoms with Crippen LogP contribution in [0.1, 0.15) is 48.4 Å². The number of H-pyrrole nitrogens is 1. The molecule has 0 unspecified atom stereocenters. The molecule has 16 N–H and O–H groups in total. The lowest BCUT2D eigenvalue weighted by Crippen LogP contribution is -2.62. The number of carboxylic acid groups (broad SMARTS) is 1. The molecule has 21 nitrogen and oxygen atoms in total. The van der Waals surface area contributed by atoms with E-state index in [4.69, 9.17) is 17.2 Å². The van der Waals surface area contributed by atoms with Crippen LogP contribution in [-0.4, -0.2) is 135 Å². The molecule has 6 rings (SSSR count). The number of nitrogen functional groups attached to an aromatic ring is 1. The monoisotopic (exact) mass is 1090 g/mol. The Morgan fingerprint density at radius 1 is 0.571 bits per heavy atom. The first kappa shape index (κ1) is 58.8. The molecule has 4 aromatic carbocycles. The summed E-state index contributed by atoms with van der Waals surface area (Å²) in [5.41, 5.74) is 21.9. The zero-order chi connectivity index (χ0) is 55.4. The Balaban J connectivity index is 1.40. The first-order valence-electron chi connectivity index (χ1n) is 25.2. The van der Waals surface area contributed by atoms with Crippen LogP contribution in [0.3, 0.4) is 0 Å². The van der Waals surface area contributed by atoms with E-state index in [9.17, 15) is 48.6 Å². The number of carbonyl (C=O) groups is 8. The summed E-state index contributed by atoms with van der Waals surface area (Å²) in [5.74, 6) is -7.55. The van der Waals surface area contributed by atoms with Crippen molar-refractivity contribution in [2.75, 3.05) is 23.8 Å². The number of fused-ring (bicyclic) bond motifs is 1. The van der Waals surface area contributed by atoms with Crippen molar-refractivity contribution >= 4 is 85.5 Å². The van der Waals surface area contributed by atoms with Crippen molar-refractivity contribution in [2.45, 2.75) is 106 Å². The Bertz CT molecular complexity index is 2810. The second kappa shape index (κ2) is 29.2. The quantitative estimate of drug-likeness (QED) is 0.0414. The van der Waals surface area contributed by atoms with Gasteiger partial charge in [0.2, 0.25) is 41.4 Å². The Hall–Kier alpha value is -7.44. The van der Waals surface area contributed by atoms with E-state index in [2.05, 4.69) is 42.2 Å². The topological polar surface area (TPSA) is 355 Å². The molecule has 77 heavy (non-hydrogen) atoms.